The second-order valence-electron chi connectivity index (χ2n) is 4.66. The minimum absolute atomic E-state index is 0.116. The lowest BCUT2D eigenvalue weighted by Gasteiger charge is -2.22. The van der Waals surface area contributed by atoms with Gasteiger partial charge >= 0.3 is 0 Å². The first kappa shape index (κ1) is 15.4. The van der Waals surface area contributed by atoms with Crippen molar-refractivity contribution < 1.29 is 9.90 Å². The average Bonchev–Trinajstić information content (AvgIpc) is 2.26. The Kier molecular flexibility index (Phi) is 7.34. The van der Waals surface area contributed by atoms with Crippen LogP contribution >= 0.6 is 0 Å². The van der Waals surface area contributed by atoms with Crippen LogP contribution in [0.1, 0.15) is 40.5 Å². The molecule has 0 fully saturated rings. The molecule has 16 heavy (non-hydrogen) atoms. The van der Waals surface area contributed by atoms with Crippen LogP contribution in [0.5, 0.6) is 0 Å². The molecule has 0 aliphatic rings. The predicted octanol–water partition coefficient (Wildman–Crippen LogP) is 0.883. The van der Waals surface area contributed by atoms with Crippen molar-refractivity contribution in [2.75, 3.05) is 6.54 Å². The molecule has 0 bridgehead atoms. The van der Waals surface area contributed by atoms with E-state index in [-0.39, 0.29) is 17.7 Å². The van der Waals surface area contributed by atoms with Gasteiger partial charge < -0.3 is 16.2 Å². The van der Waals surface area contributed by atoms with Gasteiger partial charge in [0.1, 0.15) is 0 Å². The Labute approximate surface area is 98.6 Å². The predicted molar refractivity (Wildman–Crippen MR) is 65.9 cm³/mol. The number of carbonyl (C=O) groups is 1. The molecule has 4 heteroatoms. The van der Waals surface area contributed by atoms with Gasteiger partial charge in [0, 0.05) is 6.54 Å². The van der Waals surface area contributed by atoms with Crippen LogP contribution in [0.4, 0.5) is 0 Å². The van der Waals surface area contributed by atoms with Gasteiger partial charge in [0.05, 0.1) is 12.1 Å². The standard InChI is InChI=1S/C12H26N2O2/c1-5-9(6-2)10(15)7-14-12(16)11(13)8(3)4/h8-11,15H,5-7,13H2,1-4H3,(H,14,16)/t10?,11-/m1/s1. The molecule has 0 heterocycles. The maximum absolute atomic E-state index is 11.5. The Morgan fingerprint density at radius 3 is 2.19 bits per heavy atom. The summed E-state index contributed by atoms with van der Waals surface area (Å²) in [5, 5.41) is 12.5. The first-order valence-electron chi connectivity index (χ1n) is 6.15. The zero-order chi connectivity index (χ0) is 12.7. The first-order valence-corrected chi connectivity index (χ1v) is 6.15. The van der Waals surface area contributed by atoms with Crippen LogP contribution < -0.4 is 11.1 Å². The van der Waals surface area contributed by atoms with Crippen molar-refractivity contribution in [1.82, 2.24) is 5.32 Å². The fraction of sp³-hybridized carbons (Fsp3) is 0.917. The molecule has 0 aromatic carbocycles. The van der Waals surface area contributed by atoms with E-state index < -0.39 is 12.1 Å². The number of nitrogens with two attached hydrogens (primary N) is 1. The molecule has 2 atom stereocenters. The Morgan fingerprint density at radius 1 is 1.31 bits per heavy atom. The van der Waals surface area contributed by atoms with Crippen molar-refractivity contribution in [2.45, 2.75) is 52.7 Å². The van der Waals surface area contributed by atoms with Crippen LogP contribution in [-0.4, -0.2) is 29.7 Å². The van der Waals surface area contributed by atoms with Gasteiger partial charge in [-0.3, -0.25) is 4.79 Å². The molecule has 1 unspecified atom stereocenters. The number of nitrogens with one attached hydrogen (secondary N) is 1. The summed E-state index contributed by atoms with van der Waals surface area (Å²) in [7, 11) is 0. The van der Waals surface area contributed by atoms with Gasteiger partial charge in [0.25, 0.3) is 0 Å². The fourth-order valence-electron chi connectivity index (χ4n) is 1.63. The van der Waals surface area contributed by atoms with E-state index in [4.69, 9.17) is 5.73 Å². The van der Waals surface area contributed by atoms with Crippen molar-refractivity contribution >= 4 is 5.91 Å². The zero-order valence-electron chi connectivity index (χ0n) is 10.9. The van der Waals surface area contributed by atoms with E-state index in [1.807, 2.05) is 27.7 Å². The molecule has 1 amide bonds. The summed E-state index contributed by atoms with van der Waals surface area (Å²) in [4.78, 5) is 11.5. The normalized spacial score (nSPS) is 15.2. The van der Waals surface area contributed by atoms with Crippen LogP contribution in [0, 0.1) is 11.8 Å². The Balaban J connectivity index is 4.00. The van der Waals surface area contributed by atoms with E-state index >= 15 is 0 Å². The van der Waals surface area contributed by atoms with E-state index in [1.54, 1.807) is 0 Å². The molecule has 0 aliphatic carbocycles. The molecule has 0 aromatic rings. The molecule has 0 saturated carbocycles. The summed E-state index contributed by atoms with van der Waals surface area (Å²) in [6.45, 7) is 8.19. The van der Waals surface area contributed by atoms with Crippen molar-refractivity contribution in [3.05, 3.63) is 0 Å². The lowest BCUT2D eigenvalue weighted by Crippen LogP contribution is -2.47. The van der Waals surface area contributed by atoms with Crippen LogP contribution in [0.15, 0.2) is 0 Å². The maximum atomic E-state index is 11.5. The zero-order valence-corrected chi connectivity index (χ0v) is 10.9. The number of aliphatic hydroxyl groups excluding tert-OH is 1. The van der Waals surface area contributed by atoms with E-state index in [1.165, 1.54) is 0 Å². The molecule has 4 nitrogen and oxygen atoms in total. The largest absolute Gasteiger partial charge is 0.391 e. The summed E-state index contributed by atoms with van der Waals surface area (Å²) in [5.41, 5.74) is 5.69. The van der Waals surface area contributed by atoms with Crippen LogP contribution in [0.3, 0.4) is 0 Å². The van der Waals surface area contributed by atoms with E-state index in [0.29, 0.717) is 6.54 Å². The topological polar surface area (TPSA) is 75.3 Å². The van der Waals surface area contributed by atoms with Crippen molar-refractivity contribution in [3.8, 4) is 0 Å². The second kappa shape index (κ2) is 7.63. The lowest BCUT2D eigenvalue weighted by molar-refractivity contribution is -0.123. The van der Waals surface area contributed by atoms with Gasteiger partial charge in [-0.05, 0) is 11.8 Å². The number of hydrogen-bond donors (Lipinski definition) is 3. The van der Waals surface area contributed by atoms with Gasteiger partial charge in [-0.2, -0.15) is 0 Å². The highest BCUT2D eigenvalue weighted by Crippen LogP contribution is 2.12. The Hall–Kier alpha value is -0.610. The Bertz CT molecular complexity index is 203. The maximum Gasteiger partial charge on any atom is 0.237 e. The number of rotatable bonds is 7. The highest BCUT2D eigenvalue weighted by Gasteiger charge is 2.20. The number of hydrogen-bond acceptors (Lipinski definition) is 3. The molecular formula is C12H26N2O2. The monoisotopic (exact) mass is 230 g/mol. The molecule has 0 saturated heterocycles. The lowest BCUT2D eigenvalue weighted by atomic mass is 9.96. The second-order valence-corrected chi connectivity index (χ2v) is 4.66. The van der Waals surface area contributed by atoms with Crippen molar-refractivity contribution in [3.63, 3.8) is 0 Å². The quantitative estimate of drug-likeness (QED) is 0.608. The number of carbonyl (C=O) groups excluding carboxylic acids is 1. The smallest absolute Gasteiger partial charge is 0.237 e. The summed E-state index contributed by atoms with van der Waals surface area (Å²) in [6, 6.07) is -0.492. The summed E-state index contributed by atoms with van der Waals surface area (Å²) >= 11 is 0. The van der Waals surface area contributed by atoms with Gasteiger partial charge in [0.15, 0.2) is 0 Å². The van der Waals surface area contributed by atoms with Crippen LogP contribution in [0.25, 0.3) is 0 Å². The summed E-state index contributed by atoms with van der Waals surface area (Å²) in [5.74, 6) is 0.181. The van der Waals surface area contributed by atoms with Crippen LogP contribution in [0.2, 0.25) is 0 Å². The molecule has 0 radical (unpaired) electrons. The average molecular weight is 230 g/mol. The van der Waals surface area contributed by atoms with E-state index in [2.05, 4.69) is 5.32 Å². The highest BCUT2D eigenvalue weighted by atomic mass is 16.3. The van der Waals surface area contributed by atoms with Gasteiger partial charge in [-0.1, -0.05) is 40.5 Å². The van der Waals surface area contributed by atoms with E-state index in [9.17, 15) is 9.90 Å². The van der Waals surface area contributed by atoms with Gasteiger partial charge in [0.2, 0.25) is 5.91 Å². The minimum Gasteiger partial charge on any atom is -0.391 e. The molecule has 0 aromatic heterocycles. The van der Waals surface area contributed by atoms with E-state index in [0.717, 1.165) is 12.8 Å². The molecule has 0 spiro atoms. The SMILES string of the molecule is CCC(CC)C(O)CNC(=O)[C@H](N)C(C)C. The number of aliphatic hydroxyl groups is 1. The highest BCUT2D eigenvalue weighted by molar-refractivity contribution is 5.81. The molecular weight excluding hydrogens is 204 g/mol. The third-order valence-electron chi connectivity index (χ3n) is 3.10. The molecule has 0 rings (SSSR count). The van der Waals surface area contributed by atoms with Crippen LogP contribution in [-0.2, 0) is 4.79 Å². The van der Waals surface area contributed by atoms with Gasteiger partial charge in [-0.15, -0.1) is 0 Å². The molecule has 4 N–H and O–H groups in total. The van der Waals surface area contributed by atoms with Crippen molar-refractivity contribution in [1.29, 1.82) is 0 Å². The molecule has 96 valence electrons. The molecule has 0 aliphatic heterocycles. The Morgan fingerprint density at radius 2 is 1.81 bits per heavy atom. The number of amides is 1. The first-order chi connectivity index (χ1) is 7.43. The van der Waals surface area contributed by atoms with Gasteiger partial charge in [-0.25, -0.2) is 0 Å². The third kappa shape index (κ3) is 4.94. The summed E-state index contributed by atoms with van der Waals surface area (Å²) < 4.78 is 0. The summed E-state index contributed by atoms with van der Waals surface area (Å²) in [6.07, 6.45) is 1.37. The minimum atomic E-state index is -0.492. The third-order valence-corrected chi connectivity index (χ3v) is 3.10. The van der Waals surface area contributed by atoms with Crippen molar-refractivity contribution in [2.24, 2.45) is 17.6 Å². The fourth-order valence-corrected chi connectivity index (χ4v) is 1.63.